The quantitative estimate of drug-likeness (QED) is 0.402. The first-order valence-electron chi connectivity index (χ1n) is 12.4. The monoisotopic (exact) mass is 486 g/mol. The summed E-state index contributed by atoms with van der Waals surface area (Å²) in [5, 5.41) is 0. The van der Waals surface area contributed by atoms with Crippen LogP contribution in [0, 0.1) is 5.92 Å². The molecule has 5 rings (SSSR count). The molecule has 36 heavy (non-hydrogen) atoms. The highest BCUT2D eigenvalue weighted by Gasteiger charge is 2.56. The van der Waals surface area contributed by atoms with Crippen molar-refractivity contribution in [3.63, 3.8) is 0 Å². The van der Waals surface area contributed by atoms with Crippen LogP contribution < -0.4 is 5.56 Å². The van der Waals surface area contributed by atoms with Gasteiger partial charge in [-0.1, -0.05) is 67.6 Å². The molecule has 2 aliphatic heterocycles. The number of nitrogens with zero attached hydrogens (tertiary/aromatic N) is 1. The summed E-state index contributed by atoms with van der Waals surface area (Å²) >= 11 is 0. The van der Waals surface area contributed by atoms with Crippen molar-refractivity contribution in [1.82, 2.24) is 9.88 Å². The average molecular weight is 487 g/mol. The van der Waals surface area contributed by atoms with E-state index in [2.05, 4.69) is 60.4 Å². The number of benzene rings is 2. The number of aromatic nitrogens is 1. The van der Waals surface area contributed by atoms with Gasteiger partial charge >= 0.3 is 17.8 Å². The fraction of sp³-hybridized carbons (Fsp3) is 0.345. The van der Waals surface area contributed by atoms with E-state index in [1.54, 1.807) is 23.2 Å². The van der Waals surface area contributed by atoms with E-state index < -0.39 is 17.8 Å². The second kappa shape index (κ2) is 10.1. The Labute approximate surface area is 210 Å². The maximum atomic E-state index is 12.3. The predicted octanol–water partition coefficient (Wildman–Crippen LogP) is 3.93. The summed E-state index contributed by atoms with van der Waals surface area (Å²) in [4.78, 5) is 41.0. The maximum Gasteiger partial charge on any atom is 0.421 e. The number of piperidine rings is 1. The molecule has 186 valence electrons. The first-order valence-corrected chi connectivity index (χ1v) is 12.4. The Bertz CT molecular complexity index is 1290. The zero-order valence-electron chi connectivity index (χ0n) is 20.3. The molecule has 0 bridgehead atoms. The van der Waals surface area contributed by atoms with Crippen LogP contribution in [0.25, 0.3) is 0 Å². The fourth-order valence-electron chi connectivity index (χ4n) is 5.46. The third-order valence-corrected chi connectivity index (χ3v) is 7.48. The van der Waals surface area contributed by atoms with Crippen LogP contribution in [-0.2, 0) is 38.4 Å². The summed E-state index contributed by atoms with van der Waals surface area (Å²) in [7, 11) is 0. The molecule has 0 amide bonds. The van der Waals surface area contributed by atoms with E-state index in [9.17, 15) is 14.4 Å². The predicted molar refractivity (Wildman–Crippen MR) is 134 cm³/mol. The molecule has 1 N–H and O–H groups in total. The lowest BCUT2D eigenvalue weighted by molar-refractivity contribution is -0.275. The molecule has 2 aliphatic rings. The molecule has 7 heteroatoms. The summed E-state index contributed by atoms with van der Waals surface area (Å²) in [5.41, 5.74) is 4.16. The molecule has 7 nitrogen and oxygen atoms in total. The number of H-pyrrole nitrogens is 1. The minimum absolute atomic E-state index is 0.117. The van der Waals surface area contributed by atoms with Crippen molar-refractivity contribution >= 4 is 11.9 Å². The number of esters is 2. The molecule has 1 aromatic heterocycles. The van der Waals surface area contributed by atoms with Gasteiger partial charge < -0.3 is 14.5 Å². The van der Waals surface area contributed by atoms with Gasteiger partial charge in [-0.3, -0.25) is 4.79 Å². The smallest absolute Gasteiger partial charge is 0.400 e. The van der Waals surface area contributed by atoms with Gasteiger partial charge in [0.05, 0.1) is 0 Å². The molecule has 0 saturated carbocycles. The van der Waals surface area contributed by atoms with E-state index in [-0.39, 0.29) is 23.9 Å². The SMILES string of the molecule is CC(c1ccccc1CCc1ccccc1)C1CCN(Cc2ccc[nH]c2=O)C2(C1)OC(=O)C(=O)O2. The third-order valence-electron chi connectivity index (χ3n) is 7.48. The van der Waals surface area contributed by atoms with Gasteiger partial charge in [0.15, 0.2) is 0 Å². The molecule has 2 atom stereocenters. The molecule has 1 spiro atoms. The lowest BCUT2D eigenvalue weighted by atomic mass is 9.77. The van der Waals surface area contributed by atoms with Gasteiger partial charge in [0.1, 0.15) is 0 Å². The molecule has 3 heterocycles. The molecule has 2 unspecified atom stereocenters. The van der Waals surface area contributed by atoms with Gasteiger partial charge in [-0.25, -0.2) is 14.5 Å². The standard InChI is InChI=1S/C29H30N2O5/c1-20(25-12-6-5-10-22(25)14-13-21-8-3-2-4-9-21)23-15-17-31(19-24-11-7-16-30-26(24)32)29(18-23)35-27(33)28(34)36-29/h2-12,16,20,23H,13-15,17-19H2,1H3,(H,30,32). The zero-order chi connectivity index (χ0) is 25.1. The summed E-state index contributed by atoms with van der Waals surface area (Å²) in [6, 6.07) is 22.4. The van der Waals surface area contributed by atoms with Gasteiger partial charge in [-0.15, -0.1) is 0 Å². The molecule has 2 saturated heterocycles. The highest BCUT2D eigenvalue weighted by Crippen LogP contribution is 2.44. The van der Waals surface area contributed by atoms with E-state index in [0.717, 1.165) is 19.3 Å². The minimum atomic E-state index is -1.49. The van der Waals surface area contributed by atoms with E-state index in [0.29, 0.717) is 18.5 Å². The van der Waals surface area contributed by atoms with E-state index in [4.69, 9.17) is 9.47 Å². The normalized spacial score (nSPS) is 20.2. The van der Waals surface area contributed by atoms with Gasteiger partial charge in [0, 0.05) is 31.3 Å². The number of pyridine rings is 1. The van der Waals surface area contributed by atoms with Crippen LogP contribution >= 0.6 is 0 Å². The van der Waals surface area contributed by atoms with Crippen molar-refractivity contribution in [2.75, 3.05) is 6.54 Å². The van der Waals surface area contributed by atoms with E-state index in [1.165, 1.54) is 16.7 Å². The third kappa shape index (κ3) is 4.84. The van der Waals surface area contributed by atoms with Gasteiger partial charge in [-0.05, 0) is 53.9 Å². The maximum absolute atomic E-state index is 12.3. The Morgan fingerprint density at radius 1 is 0.917 bits per heavy atom. The summed E-state index contributed by atoms with van der Waals surface area (Å²) in [5.74, 6) is -3.19. The van der Waals surface area contributed by atoms with Gasteiger partial charge in [0.25, 0.3) is 5.56 Å². The summed E-state index contributed by atoms with van der Waals surface area (Å²) < 4.78 is 11.2. The first kappa shape index (κ1) is 24.0. The van der Waals surface area contributed by atoms with Crippen molar-refractivity contribution in [2.24, 2.45) is 5.92 Å². The highest BCUT2D eigenvalue weighted by molar-refractivity contribution is 6.31. The number of hydrogen-bond acceptors (Lipinski definition) is 6. The fourth-order valence-corrected chi connectivity index (χ4v) is 5.46. The van der Waals surface area contributed by atoms with Crippen LogP contribution in [0.5, 0.6) is 0 Å². The largest absolute Gasteiger partial charge is 0.421 e. The zero-order valence-corrected chi connectivity index (χ0v) is 20.3. The number of ether oxygens (including phenoxy) is 2. The molecule has 2 fully saturated rings. The highest BCUT2D eigenvalue weighted by atomic mass is 16.8. The molecule has 0 radical (unpaired) electrons. The second-order valence-corrected chi connectivity index (χ2v) is 9.66. The second-order valence-electron chi connectivity index (χ2n) is 9.66. The van der Waals surface area contributed by atoms with Crippen molar-refractivity contribution in [2.45, 2.75) is 51.0 Å². The van der Waals surface area contributed by atoms with Crippen LogP contribution in [0.1, 0.15) is 47.9 Å². The Morgan fingerprint density at radius 2 is 1.61 bits per heavy atom. The summed E-state index contributed by atoms with van der Waals surface area (Å²) in [6.45, 7) is 2.93. The van der Waals surface area contributed by atoms with Crippen LogP contribution in [0.2, 0.25) is 0 Å². The van der Waals surface area contributed by atoms with Gasteiger partial charge in [-0.2, -0.15) is 0 Å². The molecular weight excluding hydrogens is 456 g/mol. The number of aromatic amines is 1. The van der Waals surface area contributed by atoms with Crippen LogP contribution in [-0.4, -0.2) is 34.3 Å². The summed E-state index contributed by atoms with van der Waals surface area (Å²) in [6.07, 6.45) is 4.61. The van der Waals surface area contributed by atoms with Crippen molar-refractivity contribution < 1.29 is 19.1 Å². The number of carbonyl (C=O) groups is 2. The molecule has 0 aliphatic carbocycles. The lowest BCUT2D eigenvalue weighted by Crippen LogP contribution is -2.55. The van der Waals surface area contributed by atoms with E-state index >= 15 is 0 Å². The van der Waals surface area contributed by atoms with Crippen LogP contribution in [0.15, 0.2) is 77.7 Å². The minimum Gasteiger partial charge on any atom is -0.400 e. The molecule has 2 aromatic carbocycles. The molecular formula is C29H30N2O5. The van der Waals surface area contributed by atoms with Crippen LogP contribution in [0.4, 0.5) is 0 Å². The Hall–Kier alpha value is -3.71. The van der Waals surface area contributed by atoms with Crippen molar-refractivity contribution in [3.8, 4) is 0 Å². The Kier molecular flexibility index (Phi) is 6.74. The Balaban J connectivity index is 1.37. The van der Waals surface area contributed by atoms with Crippen LogP contribution in [0.3, 0.4) is 0 Å². The number of likely N-dealkylation sites (tertiary alicyclic amines) is 1. The number of carbonyl (C=O) groups excluding carboxylic acids is 2. The van der Waals surface area contributed by atoms with Gasteiger partial charge in [0.2, 0.25) is 0 Å². The van der Waals surface area contributed by atoms with Crippen molar-refractivity contribution in [3.05, 3.63) is 106 Å². The van der Waals surface area contributed by atoms with E-state index in [1.807, 2.05) is 6.07 Å². The first-order chi connectivity index (χ1) is 17.4. The number of rotatable bonds is 7. The molecule has 3 aromatic rings. The number of hydrogen-bond donors (Lipinski definition) is 1. The number of nitrogens with one attached hydrogen (secondary N) is 1. The number of aryl methyl sites for hydroxylation is 2. The van der Waals surface area contributed by atoms with Crippen molar-refractivity contribution in [1.29, 1.82) is 0 Å². The Morgan fingerprint density at radius 3 is 2.36 bits per heavy atom. The average Bonchev–Trinajstić information content (AvgIpc) is 3.18. The lowest BCUT2D eigenvalue weighted by Gasteiger charge is -2.45. The topological polar surface area (TPSA) is 88.7 Å².